The number of methoxy groups -OCH3 is 1. The first-order valence-electron chi connectivity index (χ1n) is 18.2. The van der Waals surface area contributed by atoms with Crippen LogP contribution in [0.1, 0.15) is 72.0 Å². The molecule has 2 aliphatic heterocycles. The van der Waals surface area contributed by atoms with E-state index in [1.165, 1.54) is 48.7 Å². The van der Waals surface area contributed by atoms with E-state index in [-0.39, 0.29) is 11.9 Å². The third-order valence-electron chi connectivity index (χ3n) is 10.4. The molecule has 0 unspecified atom stereocenters. The zero-order valence-electron chi connectivity index (χ0n) is 29.4. The highest BCUT2D eigenvalue weighted by atomic mass is 16.5. The number of amidine groups is 1. The summed E-state index contributed by atoms with van der Waals surface area (Å²) in [6.07, 6.45) is 6.66. The van der Waals surface area contributed by atoms with Crippen LogP contribution in [0.5, 0.6) is 17.2 Å². The Morgan fingerprint density at radius 3 is 2.51 bits per heavy atom. The van der Waals surface area contributed by atoms with Crippen LogP contribution in [-0.2, 0) is 19.6 Å². The van der Waals surface area contributed by atoms with Crippen molar-refractivity contribution in [1.82, 2.24) is 9.88 Å². The Labute approximate surface area is 299 Å². The van der Waals surface area contributed by atoms with Crippen molar-refractivity contribution in [1.29, 1.82) is 0 Å². The summed E-state index contributed by atoms with van der Waals surface area (Å²) in [7, 11) is 1.69. The number of amides is 1. The SMILES string of the molecule is COc1ccc2c(c1)OCCn1c-2c(C2CCCCC2)c2ccc(C(=O)N[C@@H](Cc3ccc(OCc4ccccc4)cc3)C3=NCC(C)=N3)cc21. The molecule has 1 amide bonds. The first kappa shape index (κ1) is 32.8. The van der Waals surface area contributed by atoms with Crippen LogP contribution in [0.2, 0.25) is 0 Å². The van der Waals surface area contributed by atoms with E-state index in [0.717, 1.165) is 45.2 Å². The molecule has 0 bridgehead atoms. The maximum absolute atomic E-state index is 14.1. The van der Waals surface area contributed by atoms with Crippen LogP contribution in [0.3, 0.4) is 0 Å². The molecule has 1 N–H and O–H groups in total. The normalized spacial score (nSPS) is 16.3. The first-order valence-corrected chi connectivity index (χ1v) is 18.2. The molecule has 0 radical (unpaired) electrons. The van der Waals surface area contributed by atoms with Gasteiger partial charge in [-0.15, -0.1) is 0 Å². The molecule has 3 heterocycles. The lowest BCUT2D eigenvalue weighted by atomic mass is 9.81. The van der Waals surface area contributed by atoms with Crippen LogP contribution in [0.15, 0.2) is 101 Å². The highest BCUT2D eigenvalue weighted by Gasteiger charge is 2.30. The van der Waals surface area contributed by atoms with Crippen molar-refractivity contribution in [3.05, 3.63) is 113 Å². The van der Waals surface area contributed by atoms with E-state index >= 15 is 0 Å². The summed E-state index contributed by atoms with van der Waals surface area (Å²) in [5.41, 5.74) is 8.50. The van der Waals surface area contributed by atoms with E-state index < -0.39 is 0 Å². The lowest BCUT2D eigenvalue weighted by molar-refractivity contribution is 0.0947. The second kappa shape index (κ2) is 14.5. The van der Waals surface area contributed by atoms with E-state index in [0.29, 0.717) is 50.0 Å². The molecule has 1 atom stereocenters. The van der Waals surface area contributed by atoms with Crippen molar-refractivity contribution in [2.24, 2.45) is 9.98 Å². The number of aliphatic imine (C=N–C) groups is 2. The summed E-state index contributed by atoms with van der Waals surface area (Å²) in [6, 6.07) is 30.2. The van der Waals surface area contributed by atoms with Crippen LogP contribution in [0.4, 0.5) is 0 Å². The summed E-state index contributed by atoms with van der Waals surface area (Å²) in [4.78, 5) is 23.5. The van der Waals surface area contributed by atoms with Crippen molar-refractivity contribution >= 4 is 28.4 Å². The molecule has 8 rings (SSSR count). The monoisotopic (exact) mass is 680 g/mol. The average molecular weight is 681 g/mol. The summed E-state index contributed by atoms with van der Waals surface area (Å²) in [6.45, 7) is 4.26. The van der Waals surface area contributed by atoms with Gasteiger partial charge >= 0.3 is 0 Å². The largest absolute Gasteiger partial charge is 0.497 e. The Morgan fingerprint density at radius 2 is 1.75 bits per heavy atom. The number of hydrogen-bond acceptors (Lipinski definition) is 6. The Kier molecular flexibility index (Phi) is 9.31. The molecule has 260 valence electrons. The number of rotatable bonds is 10. The molecular weight excluding hydrogens is 636 g/mol. The van der Waals surface area contributed by atoms with Crippen molar-refractivity contribution < 1.29 is 19.0 Å². The summed E-state index contributed by atoms with van der Waals surface area (Å²) >= 11 is 0. The zero-order chi connectivity index (χ0) is 34.7. The predicted octanol–water partition coefficient (Wildman–Crippen LogP) is 8.55. The van der Waals surface area contributed by atoms with E-state index in [1.54, 1.807) is 7.11 Å². The average Bonchev–Trinajstić information content (AvgIpc) is 3.69. The summed E-state index contributed by atoms with van der Waals surface area (Å²) < 4.78 is 20.2. The molecule has 1 aliphatic carbocycles. The topological polar surface area (TPSA) is 86.4 Å². The number of nitrogens with zero attached hydrogens (tertiary/aromatic N) is 3. The number of hydrogen-bond donors (Lipinski definition) is 1. The molecule has 8 heteroatoms. The van der Waals surface area contributed by atoms with Gasteiger partial charge in [-0.2, -0.15) is 0 Å². The standard InChI is InChI=1S/C43H44N4O4/c1-28-26-44-42(45-28)37(23-29-13-16-33(17-14-29)51-27-30-9-5-3-6-10-30)46-43(48)32-15-19-35-38(24-32)47-21-22-50-39-25-34(49-2)18-20-36(39)41(47)40(35)31-11-7-4-8-12-31/h3,5-6,9-10,13-20,24-25,31,37H,4,7-8,11-12,21-23,26-27H2,1-2H3,(H,46,48)/t37-/m0/s1. The van der Waals surface area contributed by atoms with Crippen molar-refractivity contribution in [3.63, 3.8) is 0 Å². The van der Waals surface area contributed by atoms with Gasteiger partial charge in [-0.05, 0) is 85.2 Å². The number of carbonyl (C=O) groups is 1. The van der Waals surface area contributed by atoms with Gasteiger partial charge in [0.05, 0.1) is 31.9 Å². The minimum Gasteiger partial charge on any atom is -0.497 e. The number of ether oxygens (including phenoxy) is 3. The summed E-state index contributed by atoms with van der Waals surface area (Å²) in [5, 5.41) is 4.53. The second-order valence-electron chi connectivity index (χ2n) is 13.9. The molecule has 8 nitrogen and oxygen atoms in total. The van der Waals surface area contributed by atoms with E-state index in [1.807, 2.05) is 55.5 Å². The molecule has 3 aliphatic rings. The quantitative estimate of drug-likeness (QED) is 0.160. The van der Waals surface area contributed by atoms with Gasteiger partial charge in [-0.25, -0.2) is 4.99 Å². The maximum atomic E-state index is 14.1. The van der Waals surface area contributed by atoms with Gasteiger partial charge in [0.15, 0.2) is 0 Å². The van der Waals surface area contributed by atoms with Gasteiger partial charge in [-0.1, -0.05) is 67.8 Å². The molecule has 5 aromatic rings. The van der Waals surface area contributed by atoms with Crippen LogP contribution < -0.4 is 19.5 Å². The molecule has 1 aromatic heterocycles. The maximum Gasteiger partial charge on any atom is 0.251 e. The number of carbonyl (C=O) groups excluding carboxylic acids is 1. The smallest absolute Gasteiger partial charge is 0.251 e. The predicted molar refractivity (Wildman–Crippen MR) is 203 cm³/mol. The third kappa shape index (κ3) is 6.87. The van der Waals surface area contributed by atoms with Gasteiger partial charge in [-0.3, -0.25) is 9.79 Å². The fraction of sp³-hybridized carbons (Fsp3) is 0.326. The summed E-state index contributed by atoms with van der Waals surface area (Å²) in [5.74, 6) is 3.41. The fourth-order valence-corrected chi connectivity index (χ4v) is 7.83. The van der Waals surface area contributed by atoms with Crippen LogP contribution in [-0.4, -0.2) is 48.3 Å². The third-order valence-corrected chi connectivity index (χ3v) is 10.4. The highest BCUT2D eigenvalue weighted by molar-refractivity contribution is 6.08. The fourth-order valence-electron chi connectivity index (χ4n) is 7.83. The Hall–Kier alpha value is -5.37. The minimum absolute atomic E-state index is 0.142. The van der Waals surface area contributed by atoms with Crippen molar-refractivity contribution in [2.75, 3.05) is 20.3 Å². The molecule has 4 aromatic carbocycles. The van der Waals surface area contributed by atoms with Crippen molar-refractivity contribution in [3.8, 4) is 28.5 Å². The lowest BCUT2D eigenvalue weighted by Gasteiger charge is -2.23. The van der Waals surface area contributed by atoms with Gasteiger partial charge in [0.25, 0.3) is 5.91 Å². The van der Waals surface area contributed by atoms with Gasteiger partial charge in [0.2, 0.25) is 0 Å². The van der Waals surface area contributed by atoms with Gasteiger partial charge < -0.3 is 24.1 Å². The highest BCUT2D eigenvalue weighted by Crippen LogP contribution is 2.47. The molecule has 51 heavy (non-hydrogen) atoms. The van der Waals surface area contributed by atoms with E-state index in [4.69, 9.17) is 24.2 Å². The number of nitrogens with one attached hydrogen (secondary N) is 1. The number of aromatic nitrogens is 1. The van der Waals surface area contributed by atoms with Crippen LogP contribution >= 0.6 is 0 Å². The molecule has 1 saturated carbocycles. The van der Waals surface area contributed by atoms with Crippen LogP contribution in [0.25, 0.3) is 22.2 Å². The zero-order valence-corrected chi connectivity index (χ0v) is 29.4. The Morgan fingerprint density at radius 1 is 0.941 bits per heavy atom. The molecule has 0 saturated heterocycles. The number of fused-ring (bicyclic) bond motifs is 5. The van der Waals surface area contributed by atoms with E-state index in [2.05, 4.69) is 52.3 Å². The van der Waals surface area contributed by atoms with Gasteiger partial charge in [0.1, 0.15) is 36.3 Å². The molecule has 0 spiro atoms. The Bertz CT molecular complexity index is 2110. The molecular formula is C43H44N4O4. The van der Waals surface area contributed by atoms with Crippen LogP contribution in [0, 0.1) is 0 Å². The van der Waals surface area contributed by atoms with E-state index in [9.17, 15) is 4.79 Å². The van der Waals surface area contributed by atoms with Crippen molar-refractivity contribution in [2.45, 2.75) is 70.6 Å². The first-order chi connectivity index (χ1) is 25.0. The molecule has 1 fully saturated rings. The second-order valence-corrected chi connectivity index (χ2v) is 13.9. The van der Waals surface area contributed by atoms with Gasteiger partial charge in [0, 0.05) is 33.8 Å². The lowest BCUT2D eigenvalue weighted by Crippen LogP contribution is -2.41. The number of benzene rings is 4. The minimum atomic E-state index is -0.376. The Balaban J connectivity index is 1.09.